The molecule has 0 atom stereocenters. The van der Waals surface area contributed by atoms with E-state index in [1.807, 2.05) is 13.0 Å². The van der Waals surface area contributed by atoms with Crippen LogP contribution in [0.2, 0.25) is 0 Å². The van der Waals surface area contributed by atoms with Crippen LogP contribution in [0.3, 0.4) is 0 Å². The fourth-order valence-electron chi connectivity index (χ4n) is 2.54. The third kappa shape index (κ3) is 5.45. The Morgan fingerprint density at radius 2 is 1.63 bits per heavy atom. The fraction of sp³-hybridized carbons (Fsp3) is 0.0909. The van der Waals surface area contributed by atoms with E-state index in [1.165, 1.54) is 37.6 Å². The molecule has 0 aliphatic carbocycles. The molecular weight excluding hydrogens is 404 g/mol. The van der Waals surface area contributed by atoms with E-state index in [1.54, 1.807) is 42.5 Å². The van der Waals surface area contributed by atoms with Gasteiger partial charge in [0, 0.05) is 5.56 Å². The molecule has 7 nitrogen and oxygen atoms in total. The van der Waals surface area contributed by atoms with Gasteiger partial charge in [0.1, 0.15) is 16.4 Å². The monoisotopic (exact) mass is 424 g/mol. The Balaban J connectivity index is 1.61. The molecule has 0 unspecified atom stereocenters. The molecule has 0 heterocycles. The second kappa shape index (κ2) is 9.23. The fourth-order valence-corrected chi connectivity index (χ4v) is 3.47. The Morgan fingerprint density at radius 1 is 0.967 bits per heavy atom. The number of nitrogens with zero attached hydrogens (tertiary/aromatic N) is 1. The van der Waals surface area contributed by atoms with Crippen molar-refractivity contribution in [3.8, 4) is 11.5 Å². The van der Waals surface area contributed by atoms with E-state index < -0.39 is 10.1 Å². The maximum atomic E-state index is 12.4. The van der Waals surface area contributed by atoms with Crippen molar-refractivity contribution in [1.82, 2.24) is 5.43 Å². The van der Waals surface area contributed by atoms with Gasteiger partial charge in [0.25, 0.3) is 5.91 Å². The molecule has 3 aromatic carbocycles. The van der Waals surface area contributed by atoms with Gasteiger partial charge in [-0.05, 0) is 73.2 Å². The molecule has 1 N–H and O–H groups in total. The Labute approximate surface area is 175 Å². The van der Waals surface area contributed by atoms with Crippen LogP contribution in [0.15, 0.2) is 82.8 Å². The first kappa shape index (κ1) is 21.1. The van der Waals surface area contributed by atoms with Crippen LogP contribution in [0.5, 0.6) is 11.5 Å². The molecule has 0 radical (unpaired) electrons. The third-order valence-corrected chi connectivity index (χ3v) is 5.36. The standard InChI is InChI=1S/C22H20N2O5S/c1-16-4-3-5-18(14-16)22(25)24-23-15-17-6-8-20(9-7-17)29-30(26,27)21-12-10-19(28-2)11-13-21/h3-15H,1-2H3,(H,24,25)/b23-15-. The Morgan fingerprint density at radius 3 is 2.27 bits per heavy atom. The van der Waals surface area contributed by atoms with Crippen LogP contribution in [0.25, 0.3) is 0 Å². The van der Waals surface area contributed by atoms with Crippen LogP contribution in [-0.4, -0.2) is 27.6 Å². The largest absolute Gasteiger partial charge is 0.497 e. The van der Waals surface area contributed by atoms with Crippen molar-refractivity contribution in [2.75, 3.05) is 7.11 Å². The van der Waals surface area contributed by atoms with E-state index in [-0.39, 0.29) is 16.6 Å². The molecule has 0 spiro atoms. The Kier molecular flexibility index (Phi) is 6.48. The van der Waals surface area contributed by atoms with Crippen LogP contribution in [0.4, 0.5) is 0 Å². The molecule has 8 heteroatoms. The molecule has 0 fully saturated rings. The topological polar surface area (TPSA) is 94.1 Å². The summed E-state index contributed by atoms with van der Waals surface area (Å²) >= 11 is 0. The molecule has 30 heavy (non-hydrogen) atoms. The van der Waals surface area contributed by atoms with Gasteiger partial charge in [-0.15, -0.1) is 0 Å². The first-order valence-electron chi connectivity index (χ1n) is 8.96. The van der Waals surface area contributed by atoms with Crippen LogP contribution in [-0.2, 0) is 10.1 Å². The molecule has 0 aliphatic heterocycles. The Bertz CT molecular complexity index is 1150. The number of methoxy groups -OCH3 is 1. The van der Waals surface area contributed by atoms with Gasteiger partial charge in [-0.25, -0.2) is 5.43 Å². The normalized spacial score (nSPS) is 11.3. The average molecular weight is 424 g/mol. The highest BCUT2D eigenvalue weighted by molar-refractivity contribution is 7.87. The van der Waals surface area contributed by atoms with Gasteiger partial charge in [0.15, 0.2) is 0 Å². The predicted octanol–water partition coefficient (Wildman–Crippen LogP) is 3.54. The summed E-state index contributed by atoms with van der Waals surface area (Å²) in [6.07, 6.45) is 1.45. The lowest BCUT2D eigenvalue weighted by atomic mass is 10.1. The minimum atomic E-state index is -3.96. The summed E-state index contributed by atoms with van der Waals surface area (Å²) < 4.78 is 34.9. The number of hydrogen-bond acceptors (Lipinski definition) is 6. The van der Waals surface area contributed by atoms with Crippen molar-refractivity contribution in [2.24, 2.45) is 5.10 Å². The van der Waals surface area contributed by atoms with Gasteiger partial charge in [0.05, 0.1) is 13.3 Å². The number of carbonyl (C=O) groups is 1. The van der Waals surface area contributed by atoms with Crippen LogP contribution >= 0.6 is 0 Å². The SMILES string of the molecule is COc1ccc(S(=O)(=O)Oc2ccc(/C=N\NC(=O)c3cccc(C)c3)cc2)cc1. The average Bonchev–Trinajstić information content (AvgIpc) is 2.74. The molecule has 0 aromatic heterocycles. The maximum Gasteiger partial charge on any atom is 0.339 e. The van der Waals surface area contributed by atoms with Gasteiger partial charge in [-0.2, -0.15) is 13.5 Å². The van der Waals surface area contributed by atoms with E-state index in [0.29, 0.717) is 16.9 Å². The molecule has 154 valence electrons. The number of aryl methyl sites for hydroxylation is 1. The van der Waals surface area contributed by atoms with Gasteiger partial charge in [-0.1, -0.05) is 17.7 Å². The van der Waals surface area contributed by atoms with Crippen molar-refractivity contribution in [2.45, 2.75) is 11.8 Å². The first-order valence-corrected chi connectivity index (χ1v) is 10.4. The van der Waals surface area contributed by atoms with E-state index >= 15 is 0 Å². The second-order valence-electron chi connectivity index (χ2n) is 6.35. The number of hydrogen-bond donors (Lipinski definition) is 1. The zero-order valence-electron chi connectivity index (χ0n) is 16.4. The molecule has 0 saturated heterocycles. The lowest BCUT2D eigenvalue weighted by Crippen LogP contribution is -2.17. The quantitative estimate of drug-likeness (QED) is 0.356. The zero-order valence-corrected chi connectivity index (χ0v) is 17.2. The lowest BCUT2D eigenvalue weighted by molar-refractivity contribution is 0.0955. The summed E-state index contributed by atoms with van der Waals surface area (Å²) in [6.45, 7) is 1.90. The molecule has 0 saturated carbocycles. The second-order valence-corrected chi connectivity index (χ2v) is 7.90. The summed E-state index contributed by atoms with van der Waals surface area (Å²) in [5, 5.41) is 3.92. The number of amides is 1. The van der Waals surface area contributed by atoms with Crippen molar-refractivity contribution in [1.29, 1.82) is 0 Å². The van der Waals surface area contributed by atoms with Crippen LogP contribution in [0, 0.1) is 6.92 Å². The minimum absolute atomic E-state index is 0.0211. The summed E-state index contributed by atoms with van der Waals surface area (Å²) in [4.78, 5) is 12.1. The lowest BCUT2D eigenvalue weighted by Gasteiger charge is -2.08. The Hall–Kier alpha value is -3.65. The molecule has 3 rings (SSSR count). The molecular formula is C22H20N2O5S. The number of rotatable bonds is 7. The highest BCUT2D eigenvalue weighted by Gasteiger charge is 2.16. The van der Waals surface area contributed by atoms with E-state index in [9.17, 15) is 13.2 Å². The van der Waals surface area contributed by atoms with Crippen molar-refractivity contribution >= 4 is 22.2 Å². The van der Waals surface area contributed by atoms with E-state index in [4.69, 9.17) is 8.92 Å². The molecule has 0 bridgehead atoms. The van der Waals surface area contributed by atoms with E-state index in [2.05, 4.69) is 10.5 Å². The summed E-state index contributed by atoms with van der Waals surface area (Å²) in [5.41, 5.74) is 4.60. The molecule has 1 amide bonds. The summed E-state index contributed by atoms with van der Waals surface area (Å²) in [6, 6.07) is 19.3. The van der Waals surface area contributed by atoms with Crippen molar-refractivity contribution in [3.05, 3.63) is 89.5 Å². The number of hydrazone groups is 1. The predicted molar refractivity (Wildman–Crippen MR) is 113 cm³/mol. The van der Waals surface area contributed by atoms with Crippen molar-refractivity contribution < 1.29 is 22.1 Å². The number of ether oxygens (including phenoxy) is 1. The van der Waals surface area contributed by atoms with Gasteiger partial charge in [0.2, 0.25) is 0 Å². The van der Waals surface area contributed by atoms with Crippen LogP contribution in [0.1, 0.15) is 21.5 Å². The summed E-state index contributed by atoms with van der Waals surface area (Å²) in [5.74, 6) is 0.388. The molecule has 3 aromatic rings. The van der Waals surface area contributed by atoms with E-state index in [0.717, 1.165) is 5.56 Å². The van der Waals surface area contributed by atoms with Crippen LogP contribution < -0.4 is 14.3 Å². The maximum absolute atomic E-state index is 12.4. The molecule has 0 aliphatic rings. The third-order valence-electron chi connectivity index (χ3n) is 4.09. The highest BCUT2D eigenvalue weighted by Crippen LogP contribution is 2.21. The number of nitrogens with one attached hydrogen (secondary N) is 1. The minimum Gasteiger partial charge on any atom is -0.497 e. The smallest absolute Gasteiger partial charge is 0.339 e. The zero-order chi connectivity index (χ0) is 21.6. The van der Waals surface area contributed by atoms with Gasteiger partial charge in [-0.3, -0.25) is 4.79 Å². The first-order chi connectivity index (χ1) is 14.4. The van der Waals surface area contributed by atoms with Gasteiger partial charge >= 0.3 is 10.1 Å². The summed E-state index contributed by atoms with van der Waals surface area (Å²) in [7, 11) is -2.46. The number of carbonyl (C=O) groups excluding carboxylic acids is 1. The number of benzene rings is 3. The highest BCUT2D eigenvalue weighted by atomic mass is 32.2. The van der Waals surface area contributed by atoms with Gasteiger partial charge < -0.3 is 8.92 Å². The van der Waals surface area contributed by atoms with Crippen molar-refractivity contribution in [3.63, 3.8) is 0 Å².